The molecule has 3 bridgehead atoms. The molecule has 0 saturated carbocycles. The van der Waals surface area contributed by atoms with Gasteiger partial charge in [-0.05, 0) is 12.1 Å². The van der Waals surface area contributed by atoms with E-state index in [4.69, 9.17) is 9.47 Å². The van der Waals surface area contributed by atoms with Gasteiger partial charge in [0.2, 0.25) is 0 Å². The summed E-state index contributed by atoms with van der Waals surface area (Å²) in [6.07, 6.45) is -0.278. The molecular weight excluding hydrogens is 130 g/mol. The van der Waals surface area contributed by atoms with Gasteiger partial charge in [0.1, 0.15) is 0 Å². The number of anilines is 1. The van der Waals surface area contributed by atoms with Crippen LogP contribution in [0, 0.1) is 0 Å². The molecule has 3 rings (SSSR count). The molecule has 0 aliphatic carbocycles. The maximum atomic E-state index is 5.28. The van der Waals surface area contributed by atoms with Gasteiger partial charge in [-0.3, -0.25) is 0 Å². The lowest BCUT2D eigenvalue weighted by Crippen LogP contribution is -2.28. The highest BCUT2D eigenvalue weighted by Crippen LogP contribution is 2.40. The molecule has 0 aromatic heterocycles. The summed E-state index contributed by atoms with van der Waals surface area (Å²) in [6.45, 7) is 0. The van der Waals surface area contributed by atoms with Gasteiger partial charge in [0.15, 0.2) is 11.5 Å². The first-order valence-electron chi connectivity index (χ1n) is 3.16. The number of ether oxygens (including phenoxy) is 2. The van der Waals surface area contributed by atoms with Crippen LogP contribution in [0.2, 0.25) is 0 Å². The smallest absolute Gasteiger partial charge is 0.325 e. The van der Waals surface area contributed by atoms with E-state index >= 15 is 0 Å². The topological polar surface area (TPSA) is 30.5 Å². The highest BCUT2D eigenvalue weighted by Gasteiger charge is 2.28. The molecule has 1 aromatic carbocycles. The van der Waals surface area contributed by atoms with Crippen LogP contribution in [-0.2, 0) is 0 Å². The quantitative estimate of drug-likeness (QED) is 0.579. The SMILES string of the molecule is c1cc2c3cc1NC(O2)O3. The molecule has 3 heteroatoms. The van der Waals surface area contributed by atoms with E-state index in [0.29, 0.717) is 0 Å². The molecule has 2 heterocycles. The van der Waals surface area contributed by atoms with Gasteiger partial charge in [-0.15, -0.1) is 0 Å². The molecule has 1 N–H and O–H groups in total. The van der Waals surface area contributed by atoms with Crippen molar-refractivity contribution >= 4 is 5.69 Å². The van der Waals surface area contributed by atoms with E-state index in [0.717, 1.165) is 17.2 Å². The maximum absolute atomic E-state index is 5.28. The second-order valence-corrected chi connectivity index (χ2v) is 2.37. The monoisotopic (exact) mass is 135 g/mol. The van der Waals surface area contributed by atoms with E-state index in [1.165, 1.54) is 0 Å². The van der Waals surface area contributed by atoms with E-state index in [-0.39, 0.29) is 6.41 Å². The highest BCUT2D eigenvalue weighted by molar-refractivity contribution is 5.59. The third kappa shape index (κ3) is 0.375. The minimum absolute atomic E-state index is 0.278. The molecule has 3 nitrogen and oxygen atoms in total. The summed E-state index contributed by atoms with van der Waals surface area (Å²) >= 11 is 0. The van der Waals surface area contributed by atoms with Gasteiger partial charge in [-0.25, -0.2) is 0 Å². The van der Waals surface area contributed by atoms with Gasteiger partial charge in [0.25, 0.3) is 0 Å². The first kappa shape index (κ1) is 4.44. The number of hydrogen-bond acceptors (Lipinski definition) is 3. The van der Waals surface area contributed by atoms with Crippen LogP contribution < -0.4 is 14.8 Å². The van der Waals surface area contributed by atoms with Crippen LogP contribution in [-0.4, -0.2) is 6.41 Å². The molecule has 1 aromatic rings. The Bertz CT molecular complexity index is 293. The van der Waals surface area contributed by atoms with Gasteiger partial charge in [0.05, 0.1) is 0 Å². The zero-order valence-electron chi connectivity index (χ0n) is 5.13. The van der Waals surface area contributed by atoms with Gasteiger partial charge < -0.3 is 14.8 Å². The minimum Gasteiger partial charge on any atom is -0.433 e. The van der Waals surface area contributed by atoms with Gasteiger partial charge >= 0.3 is 6.41 Å². The molecule has 0 saturated heterocycles. The average molecular weight is 135 g/mol. The Morgan fingerprint density at radius 2 is 2.10 bits per heavy atom. The van der Waals surface area contributed by atoms with Crippen molar-refractivity contribution in [3.8, 4) is 11.5 Å². The first-order valence-corrected chi connectivity index (χ1v) is 3.16. The average Bonchev–Trinajstić information content (AvgIpc) is 2.11. The Morgan fingerprint density at radius 3 is 3.10 bits per heavy atom. The van der Waals surface area contributed by atoms with E-state index in [1.54, 1.807) is 0 Å². The van der Waals surface area contributed by atoms with Crippen LogP contribution >= 0.6 is 0 Å². The largest absolute Gasteiger partial charge is 0.433 e. The van der Waals surface area contributed by atoms with E-state index in [2.05, 4.69) is 5.32 Å². The summed E-state index contributed by atoms with van der Waals surface area (Å²) in [5.41, 5.74) is 1.06. The highest BCUT2D eigenvalue weighted by atomic mass is 16.7. The maximum Gasteiger partial charge on any atom is 0.325 e. The minimum atomic E-state index is -0.278. The Labute approximate surface area is 57.6 Å². The molecule has 1 unspecified atom stereocenters. The lowest BCUT2D eigenvalue weighted by Gasteiger charge is -2.14. The first-order chi connectivity index (χ1) is 4.92. The van der Waals surface area contributed by atoms with Crippen molar-refractivity contribution in [2.75, 3.05) is 5.32 Å². The lowest BCUT2D eigenvalue weighted by molar-refractivity contribution is 0.0744. The van der Waals surface area contributed by atoms with Gasteiger partial charge in [-0.2, -0.15) is 0 Å². The molecule has 0 radical (unpaired) electrons. The van der Waals surface area contributed by atoms with Crippen LogP contribution in [0.1, 0.15) is 0 Å². The van der Waals surface area contributed by atoms with E-state index in [9.17, 15) is 0 Å². The molecule has 10 heavy (non-hydrogen) atoms. The Balaban J connectivity index is 2.38. The standard InChI is InChI=1S/C7H5NO2/c1-2-5-6-3-4(1)8-7(9-5)10-6/h1-3,7-8H. The Morgan fingerprint density at radius 1 is 1.20 bits per heavy atom. The molecule has 0 amide bonds. The number of nitrogens with one attached hydrogen (secondary N) is 1. The molecule has 0 spiro atoms. The fourth-order valence-electron chi connectivity index (χ4n) is 1.24. The summed E-state index contributed by atoms with van der Waals surface area (Å²) in [4.78, 5) is 0. The third-order valence-electron chi connectivity index (χ3n) is 1.70. The molecule has 0 fully saturated rings. The number of fused-ring (bicyclic) bond motifs is 2. The van der Waals surface area contributed by atoms with Crippen molar-refractivity contribution in [3.05, 3.63) is 18.2 Å². The number of benzene rings is 1. The number of hydrogen-bond donors (Lipinski definition) is 1. The Kier molecular flexibility index (Phi) is 0.537. The summed E-state index contributed by atoms with van der Waals surface area (Å²) in [7, 11) is 0. The van der Waals surface area contributed by atoms with Crippen molar-refractivity contribution in [3.63, 3.8) is 0 Å². The third-order valence-corrected chi connectivity index (χ3v) is 1.70. The van der Waals surface area contributed by atoms with Crippen LogP contribution in [0.15, 0.2) is 18.2 Å². The van der Waals surface area contributed by atoms with Crippen LogP contribution in [0.5, 0.6) is 11.5 Å². The molecule has 50 valence electrons. The lowest BCUT2D eigenvalue weighted by atomic mass is 10.3. The fraction of sp³-hybridized carbons (Fsp3) is 0.143. The van der Waals surface area contributed by atoms with E-state index < -0.39 is 0 Å². The van der Waals surface area contributed by atoms with Crippen molar-refractivity contribution in [1.29, 1.82) is 0 Å². The molecule has 2 aliphatic rings. The summed E-state index contributed by atoms with van der Waals surface area (Å²) < 4.78 is 10.5. The predicted octanol–water partition coefficient (Wildman–Crippen LogP) is 1.17. The normalized spacial score (nSPS) is 23.4. The zero-order chi connectivity index (χ0) is 6.55. The molecular formula is C7H5NO2. The van der Waals surface area contributed by atoms with Crippen molar-refractivity contribution in [1.82, 2.24) is 0 Å². The van der Waals surface area contributed by atoms with Crippen molar-refractivity contribution < 1.29 is 9.47 Å². The Hall–Kier alpha value is -1.38. The second kappa shape index (κ2) is 1.21. The van der Waals surface area contributed by atoms with E-state index in [1.807, 2.05) is 18.2 Å². The zero-order valence-corrected chi connectivity index (χ0v) is 5.13. The fourth-order valence-corrected chi connectivity index (χ4v) is 1.24. The van der Waals surface area contributed by atoms with Crippen LogP contribution in [0.25, 0.3) is 0 Å². The molecule has 2 aliphatic heterocycles. The summed E-state index contributed by atoms with van der Waals surface area (Å²) in [5, 5.41) is 3.02. The second-order valence-electron chi connectivity index (χ2n) is 2.37. The summed E-state index contributed by atoms with van der Waals surface area (Å²) in [5.74, 6) is 1.68. The predicted molar refractivity (Wildman–Crippen MR) is 35.1 cm³/mol. The number of rotatable bonds is 0. The van der Waals surface area contributed by atoms with Crippen LogP contribution in [0.3, 0.4) is 0 Å². The van der Waals surface area contributed by atoms with Crippen molar-refractivity contribution in [2.45, 2.75) is 6.41 Å². The van der Waals surface area contributed by atoms with Crippen LogP contribution in [0.4, 0.5) is 5.69 Å². The van der Waals surface area contributed by atoms with Gasteiger partial charge in [0, 0.05) is 11.8 Å². The molecule has 1 atom stereocenters. The van der Waals surface area contributed by atoms with Gasteiger partial charge in [-0.1, -0.05) is 0 Å². The summed E-state index contributed by atoms with van der Waals surface area (Å²) in [6, 6.07) is 5.81. The van der Waals surface area contributed by atoms with Crippen molar-refractivity contribution in [2.24, 2.45) is 0 Å².